The molecule has 108 valence electrons. The van der Waals surface area contributed by atoms with Gasteiger partial charge < -0.3 is 4.74 Å². The Hall–Kier alpha value is -2.05. The summed E-state index contributed by atoms with van der Waals surface area (Å²) in [5.74, 6) is -6.78. The molecule has 2 radical (unpaired) electrons. The molecule has 0 aliphatic rings. The van der Waals surface area contributed by atoms with Crippen LogP contribution in [0.1, 0.15) is 5.56 Å². The van der Waals surface area contributed by atoms with Gasteiger partial charge in [-0.25, -0.2) is 22.0 Å². The van der Waals surface area contributed by atoms with Crippen LogP contribution in [0.15, 0.2) is 12.1 Å². The third kappa shape index (κ3) is 2.37. The summed E-state index contributed by atoms with van der Waals surface area (Å²) >= 11 is 0. The second-order valence-electron chi connectivity index (χ2n) is 4.32. The lowest BCUT2D eigenvalue weighted by Crippen LogP contribution is -2.17. The van der Waals surface area contributed by atoms with Gasteiger partial charge in [0.05, 0.1) is 12.7 Å². The van der Waals surface area contributed by atoms with Crippen molar-refractivity contribution < 1.29 is 26.7 Å². The van der Waals surface area contributed by atoms with E-state index in [0.717, 1.165) is 14.0 Å². The Balaban J connectivity index is 2.95. The molecule has 0 aliphatic carbocycles. The minimum Gasteiger partial charge on any atom is -0.493 e. The number of hydrogen-bond acceptors (Lipinski definition) is 1. The molecule has 0 heterocycles. The fourth-order valence-corrected chi connectivity index (χ4v) is 1.98. The van der Waals surface area contributed by atoms with Gasteiger partial charge in [0.25, 0.3) is 0 Å². The van der Waals surface area contributed by atoms with Crippen LogP contribution in [0.4, 0.5) is 22.0 Å². The zero-order chi connectivity index (χ0) is 15.9. The van der Waals surface area contributed by atoms with E-state index < -0.39 is 57.0 Å². The molecule has 0 N–H and O–H groups in total. The summed E-state index contributed by atoms with van der Waals surface area (Å²) in [6, 6.07) is 0.847. The molecule has 0 unspecified atom stereocenters. The monoisotopic (exact) mass is 298 g/mol. The first-order valence-electron chi connectivity index (χ1n) is 5.75. The molecule has 2 aromatic rings. The van der Waals surface area contributed by atoms with Crippen molar-refractivity contribution in [1.82, 2.24) is 0 Å². The highest BCUT2D eigenvalue weighted by Gasteiger charge is 2.25. The topological polar surface area (TPSA) is 9.23 Å². The van der Waals surface area contributed by atoms with Crippen molar-refractivity contribution in [2.45, 2.75) is 6.92 Å². The van der Waals surface area contributed by atoms with E-state index in [1.807, 2.05) is 0 Å². The van der Waals surface area contributed by atoms with Gasteiger partial charge in [-0.3, -0.25) is 0 Å². The number of halogens is 5. The average Bonchev–Trinajstić information content (AvgIpc) is 2.42. The Morgan fingerprint density at radius 1 is 0.857 bits per heavy atom. The Labute approximate surface area is 118 Å². The normalized spacial score (nSPS) is 10.8. The second-order valence-corrected chi connectivity index (χ2v) is 4.32. The number of methoxy groups -OCH3 is 1. The lowest BCUT2D eigenvalue weighted by Gasteiger charge is -2.16. The fourth-order valence-electron chi connectivity index (χ4n) is 1.98. The molecule has 0 aliphatic heterocycles. The van der Waals surface area contributed by atoms with Crippen molar-refractivity contribution in [3.8, 4) is 16.9 Å². The molecule has 0 saturated heterocycles. The predicted octanol–water partition coefficient (Wildman–Crippen LogP) is 3.16. The standard InChI is InChI=1S/C14H8BF5O/c1-5-6(16)3-7(17)10(13(5)20)11-12(15)8(18)4-9(19)14(11)21-2/h3-4H,1-2H3. The zero-order valence-electron chi connectivity index (χ0n) is 11.0. The Bertz CT molecular complexity index is 730. The SMILES string of the molecule is [B]c1c(F)cc(F)c(OC)c1-c1c(F)cc(F)c(C)c1F. The zero-order valence-corrected chi connectivity index (χ0v) is 11.0. The highest BCUT2D eigenvalue weighted by molar-refractivity contribution is 6.36. The van der Waals surface area contributed by atoms with E-state index in [1.54, 1.807) is 0 Å². The van der Waals surface area contributed by atoms with Crippen LogP contribution in [0.2, 0.25) is 0 Å². The van der Waals surface area contributed by atoms with Gasteiger partial charge in [-0.05, 0) is 12.4 Å². The van der Waals surface area contributed by atoms with E-state index in [-0.39, 0.29) is 0 Å². The lowest BCUT2D eigenvalue weighted by atomic mass is 9.84. The summed E-state index contributed by atoms with van der Waals surface area (Å²) in [5.41, 5.74) is -2.68. The first kappa shape index (κ1) is 15.3. The van der Waals surface area contributed by atoms with Gasteiger partial charge in [-0.15, -0.1) is 0 Å². The molecule has 2 rings (SSSR count). The molecule has 0 saturated carbocycles. The minimum absolute atomic E-state index is 0.412. The van der Waals surface area contributed by atoms with Crippen molar-refractivity contribution in [2.75, 3.05) is 7.11 Å². The van der Waals surface area contributed by atoms with Gasteiger partial charge >= 0.3 is 0 Å². The van der Waals surface area contributed by atoms with Crippen molar-refractivity contribution >= 4 is 13.3 Å². The Morgan fingerprint density at radius 3 is 2.00 bits per heavy atom. The molecule has 0 fully saturated rings. The summed E-state index contributed by atoms with van der Waals surface area (Å²) < 4.78 is 73.2. The second kappa shape index (κ2) is 5.39. The van der Waals surface area contributed by atoms with Gasteiger partial charge in [0, 0.05) is 23.3 Å². The summed E-state index contributed by atoms with van der Waals surface area (Å²) in [6.07, 6.45) is 0. The van der Waals surface area contributed by atoms with Crippen LogP contribution in [0.5, 0.6) is 5.75 Å². The van der Waals surface area contributed by atoms with E-state index >= 15 is 0 Å². The van der Waals surface area contributed by atoms with Crippen molar-refractivity contribution in [3.05, 3.63) is 46.8 Å². The van der Waals surface area contributed by atoms with Crippen molar-refractivity contribution in [1.29, 1.82) is 0 Å². The molecule has 2 aromatic carbocycles. The van der Waals surface area contributed by atoms with Gasteiger partial charge in [0.15, 0.2) is 11.6 Å². The lowest BCUT2D eigenvalue weighted by molar-refractivity contribution is 0.386. The van der Waals surface area contributed by atoms with E-state index in [4.69, 9.17) is 12.6 Å². The van der Waals surface area contributed by atoms with Crippen LogP contribution in [0.3, 0.4) is 0 Å². The van der Waals surface area contributed by atoms with Crippen LogP contribution in [-0.4, -0.2) is 15.0 Å². The summed E-state index contributed by atoms with van der Waals surface area (Å²) in [5, 5.41) is 0. The average molecular weight is 298 g/mol. The van der Waals surface area contributed by atoms with E-state index in [1.165, 1.54) is 0 Å². The fraction of sp³-hybridized carbons (Fsp3) is 0.143. The summed E-state index contributed by atoms with van der Waals surface area (Å²) in [6.45, 7) is 1.06. The molecule has 0 spiro atoms. The van der Waals surface area contributed by atoms with Crippen LogP contribution in [0, 0.1) is 36.0 Å². The first-order chi connectivity index (χ1) is 9.79. The maximum absolute atomic E-state index is 14.1. The number of ether oxygens (including phenoxy) is 1. The quantitative estimate of drug-likeness (QED) is 0.611. The number of rotatable bonds is 2. The number of benzene rings is 2. The van der Waals surface area contributed by atoms with Crippen molar-refractivity contribution in [3.63, 3.8) is 0 Å². The van der Waals surface area contributed by atoms with Crippen LogP contribution >= 0.6 is 0 Å². The smallest absolute Gasteiger partial charge is 0.168 e. The molecule has 1 nitrogen and oxygen atoms in total. The van der Waals surface area contributed by atoms with Gasteiger partial charge in [-0.1, -0.05) is 0 Å². The molecular formula is C14H8BF5O. The molecule has 7 heteroatoms. The van der Waals surface area contributed by atoms with Crippen LogP contribution in [-0.2, 0) is 0 Å². The number of hydrogen-bond donors (Lipinski definition) is 0. The largest absolute Gasteiger partial charge is 0.493 e. The third-order valence-electron chi connectivity index (χ3n) is 3.08. The van der Waals surface area contributed by atoms with Crippen LogP contribution < -0.4 is 10.2 Å². The minimum atomic E-state index is -1.34. The predicted molar refractivity (Wildman–Crippen MR) is 68.3 cm³/mol. The molecule has 0 atom stereocenters. The molecule has 21 heavy (non-hydrogen) atoms. The maximum atomic E-state index is 14.1. The van der Waals surface area contributed by atoms with Crippen LogP contribution in [0.25, 0.3) is 11.1 Å². The molecule has 0 bridgehead atoms. The van der Waals surface area contributed by atoms with E-state index in [2.05, 4.69) is 0 Å². The van der Waals surface area contributed by atoms with Gasteiger partial charge in [0.1, 0.15) is 31.1 Å². The van der Waals surface area contributed by atoms with Gasteiger partial charge in [0.2, 0.25) is 0 Å². The highest BCUT2D eigenvalue weighted by Crippen LogP contribution is 2.36. The van der Waals surface area contributed by atoms with Gasteiger partial charge in [-0.2, -0.15) is 0 Å². The van der Waals surface area contributed by atoms with Crippen molar-refractivity contribution in [2.24, 2.45) is 0 Å². The Morgan fingerprint density at radius 2 is 1.43 bits per heavy atom. The first-order valence-corrected chi connectivity index (χ1v) is 5.75. The molecule has 0 amide bonds. The molecule has 0 aromatic heterocycles. The Kier molecular flexibility index (Phi) is 3.94. The highest BCUT2D eigenvalue weighted by atomic mass is 19.2. The summed E-state index contributed by atoms with van der Waals surface area (Å²) in [4.78, 5) is 0. The van der Waals surface area contributed by atoms with E-state index in [0.29, 0.717) is 12.1 Å². The third-order valence-corrected chi connectivity index (χ3v) is 3.08. The maximum Gasteiger partial charge on any atom is 0.168 e. The summed E-state index contributed by atoms with van der Waals surface area (Å²) in [7, 11) is 6.47. The molecular weight excluding hydrogens is 290 g/mol. The van der Waals surface area contributed by atoms with E-state index in [9.17, 15) is 22.0 Å².